The zero-order valence-electron chi connectivity index (χ0n) is 14.4. The molecule has 2 aromatic rings. The summed E-state index contributed by atoms with van der Waals surface area (Å²) < 4.78 is 5.35. The van der Waals surface area contributed by atoms with Crippen LogP contribution in [0.2, 0.25) is 0 Å². The van der Waals surface area contributed by atoms with E-state index >= 15 is 0 Å². The number of carbonyl (C=O) groups is 2. The van der Waals surface area contributed by atoms with Gasteiger partial charge in [-0.05, 0) is 49.8 Å². The molecule has 0 saturated carbocycles. The van der Waals surface area contributed by atoms with Crippen LogP contribution in [0.4, 0.5) is 11.4 Å². The number of nitro groups is 1. The number of ketones is 1. The minimum absolute atomic E-state index is 0.0208. The maximum absolute atomic E-state index is 12.4. The van der Waals surface area contributed by atoms with Crippen molar-refractivity contribution in [1.82, 2.24) is 0 Å². The van der Waals surface area contributed by atoms with Crippen LogP contribution in [0.5, 0.6) is 5.75 Å². The number of nitrogens with zero attached hydrogens (tertiary/aromatic N) is 1. The Hall–Kier alpha value is -3.48. The topological polar surface area (TPSA) is 98.5 Å². The normalized spacial score (nSPS) is 10.9. The first-order chi connectivity index (χ1) is 12.4. The van der Waals surface area contributed by atoms with Gasteiger partial charge in [-0.1, -0.05) is 12.1 Å². The van der Waals surface area contributed by atoms with Gasteiger partial charge in [0.15, 0.2) is 5.78 Å². The lowest BCUT2D eigenvalue weighted by Gasteiger charge is -2.07. The fourth-order valence-electron chi connectivity index (χ4n) is 2.19. The molecule has 7 heteroatoms. The standard InChI is InChI=1S/C19H18N2O5/c1-3-26-17-10-4-14(5-11-17)12-18(13(2)22)19(23)20-15-6-8-16(9-7-15)21(24)25/h4-12H,3H2,1-2H3,(H,20,23)/b18-12+. The van der Waals surface area contributed by atoms with Crippen molar-refractivity contribution in [2.75, 3.05) is 11.9 Å². The number of non-ortho nitro benzene ring substituents is 1. The maximum Gasteiger partial charge on any atom is 0.269 e. The smallest absolute Gasteiger partial charge is 0.269 e. The second-order valence-electron chi connectivity index (χ2n) is 5.37. The Kier molecular flexibility index (Phi) is 6.21. The van der Waals surface area contributed by atoms with Gasteiger partial charge in [0.05, 0.1) is 17.1 Å². The molecule has 0 spiro atoms. The molecule has 134 valence electrons. The second kappa shape index (κ2) is 8.57. The quantitative estimate of drug-likeness (QED) is 0.269. The number of amides is 1. The third kappa shape index (κ3) is 5.01. The number of anilines is 1. The van der Waals surface area contributed by atoms with Crippen LogP contribution in [0.1, 0.15) is 19.4 Å². The first-order valence-corrected chi connectivity index (χ1v) is 7.92. The number of carbonyl (C=O) groups excluding carboxylic acids is 2. The summed E-state index contributed by atoms with van der Waals surface area (Å²) in [5.74, 6) is -0.275. The molecule has 1 amide bonds. The predicted octanol–water partition coefficient (Wildman–Crippen LogP) is 3.60. The van der Waals surface area contributed by atoms with Crippen LogP contribution in [0, 0.1) is 10.1 Å². The third-order valence-electron chi connectivity index (χ3n) is 3.46. The molecule has 0 bridgehead atoms. The number of nitrogens with one attached hydrogen (secondary N) is 1. The van der Waals surface area contributed by atoms with E-state index in [1.807, 2.05) is 6.92 Å². The van der Waals surface area contributed by atoms with E-state index in [0.717, 1.165) is 0 Å². The number of hydrogen-bond acceptors (Lipinski definition) is 5. The summed E-state index contributed by atoms with van der Waals surface area (Å²) in [7, 11) is 0. The van der Waals surface area contributed by atoms with Crippen LogP contribution in [0.25, 0.3) is 6.08 Å². The molecule has 0 saturated heterocycles. The van der Waals surface area contributed by atoms with Crippen molar-refractivity contribution in [2.24, 2.45) is 0 Å². The van der Waals surface area contributed by atoms with Crippen molar-refractivity contribution in [2.45, 2.75) is 13.8 Å². The molecule has 7 nitrogen and oxygen atoms in total. The molecular formula is C19H18N2O5. The van der Waals surface area contributed by atoms with E-state index < -0.39 is 16.6 Å². The van der Waals surface area contributed by atoms with Crippen LogP contribution in [-0.2, 0) is 9.59 Å². The first-order valence-electron chi connectivity index (χ1n) is 7.92. The van der Waals surface area contributed by atoms with Gasteiger partial charge in [0.2, 0.25) is 0 Å². The number of Topliss-reactive ketones (excluding diaryl/α,β-unsaturated/α-hetero) is 1. The van der Waals surface area contributed by atoms with Crippen molar-refractivity contribution >= 4 is 29.1 Å². The molecule has 0 heterocycles. The van der Waals surface area contributed by atoms with E-state index in [1.54, 1.807) is 24.3 Å². The van der Waals surface area contributed by atoms with E-state index in [4.69, 9.17) is 4.74 Å². The average molecular weight is 354 g/mol. The SMILES string of the molecule is CCOc1ccc(/C=C(\C(C)=O)C(=O)Nc2ccc([N+](=O)[O-])cc2)cc1. The molecular weight excluding hydrogens is 336 g/mol. The molecule has 0 fully saturated rings. The maximum atomic E-state index is 12.4. The lowest BCUT2D eigenvalue weighted by Crippen LogP contribution is -2.18. The lowest BCUT2D eigenvalue weighted by molar-refractivity contribution is -0.384. The van der Waals surface area contributed by atoms with E-state index in [2.05, 4.69) is 5.32 Å². The molecule has 0 radical (unpaired) electrons. The van der Waals surface area contributed by atoms with Gasteiger partial charge in [-0.25, -0.2) is 0 Å². The highest BCUT2D eigenvalue weighted by atomic mass is 16.6. The highest BCUT2D eigenvalue weighted by Gasteiger charge is 2.15. The molecule has 0 aromatic heterocycles. The molecule has 0 aliphatic heterocycles. The van der Waals surface area contributed by atoms with Crippen LogP contribution in [0.15, 0.2) is 54.1 Å². The van der Waals surface area contributed by atoms with Crippen molar-refractivity contribution in [3.05, 3.63) is 69.8 Å². The number of benzene rings is 2. The fraction of sp³-hybridized carbons (Fsp3) is 0.158. The zero-order valence-corrected chi connectivity index (χ0v) is 14.4. The Bertz CT molecular complexity index is 839. The fourth-order valence-corrected chi connectivity index (χ4v) is 2.19. The molecule has 0 atom stereocenters. The summed E-state index contributed by atoms with van der Waals surface area (Å²) in [5, 5.41) is 13.2. The van der Waals surface area contributed by atoms with Gasteiger partial charge in [-0.3, -0.25) is 19.7 Å². The second-order valence-corrected chi connectivity index (χ2v) is 5.37. The summed E-state index contributed by atoms with van der Waals surface area (Å²) in [6.45, 7) is 3.73. The van der Waals surface area contributed by atoms with E-state index in [1.165, 1.54) is 37.3 Å². The van der Waals surface area contributed by atoms with Crippen LogP contribution in [-0.4, -0.2) is 23.2 Å². The van der Waals surface area contributed by atoms with E-state index in [0.29, 0.717) is 23.6 Å². The van der Waals surface area contributed by atoms with Crippen molar-refractivity contribution in [1.29, 1.82) is 0 Å². The molecule has 0 aliphatic carbocycles. The zero-order chi connectivity index (χ0) is 19.1. The van der Waals surface area contributed by atoms with Crippen LogP contribution in [0.3, 0.4) is 0 Å². The van der Waals surface area contributed by atoms with Crippen molar-refractivity contribution in [3.63, 3.8) is 0 Å². The Morgan fingerprint density at radius 1 is 1.12 bits per heavy atom. The highest BCUT2D eigenvalue weighted by Crippen LogP contribution is 2.18. The summed E-state index contributed by atoms with van der Waals surface area (Å²) in [6.07, 6.45) is 1.48. The highest BCUT2D eigenvalue weighted by molar-refractivity contribution is 6.25. The molecule has 2 aromatic carbocycles. The Labute approximate surface area is 150 Å². The molecule has 26 heavy (non-hydrogen) atoms. The van der Waals surface area contributed by atoms with Crippen molar-refractivity contribution in [3.8, 4) is 5.75 Å². The van der Waals surface area contributed by atoms with Gasteiger partial charge >= 0.3 is 0 Å². The Morgan fingerprint density at radius 2 is 1.73 bits per heavy atom. The van der Waals surface area contributed by atoms with Gasteiger partial charge in [0.25, 0.3) is 11.6 Å². The Morgan fingerprint density at radius 3 is 2.23 bits per heavy atom. The lowest BCUT2D eigenvalue weighted by atomic mass is 10.1. The monoisotopic (exact) mass is 354 g/mol. The van der Waals surface area contributed by atoms with E-state index in [9.17, 15) is 19.7 Å². The van der Waals surface area contributed by atoms with Gasteiger partial charge in [0, 0.05) is 17.8 Å². The summed E-state index contributed by atoms with van der Waals surface area (Å²) >= 11 is 0. The number of ether oxygens (including phenoxy) is 1. The largest absolute Gasteiger partial charge is 0.494 e. The van der Waals surface area contributed by atoms with Gasteiger partial charge in [-0.15, -0.1) is 0 Å². The summed E-state index contributed by atoms with van der Waals surface area (Å²) in [5.41, 5.74) is 0.934. The van der Waals surface area contributed by atoms with Gasteiger partial charge < -0.3 is 10.1 Å². The van der Waals surface area contributed by atoms with Crippen LogP contribution < -0.4 is 10.1 Å². The third-order valence-corrected chi connectivity index (χ3v) is 3.46. The minimum atomic E-state index is -0.583. The van der Waals surface area contributed by atoms with Crippen LogP contribution >= 0.6 is 0 Å². The predicted molar refractivity (Wildman–Crippen MR) is 98.0 cm³/mol. The molecule has 0 unspecified atom stereocenters. The molecule has 2 rings (SSSR count). The summed E-state index contributed by atoms with van der Waals surface area (Å²) in [4.78, 5) is 34.4. The number of rotatable bonds is 7. The number of nitro benzene ring substituents is 1. The molecule has 0 aliphatic rings. The average Bonchev–Trinajstić information content (AvgIpc) is 2.61. The first kappa shape index (κ1) is 18.9. The van der Waals surface area contributed by atoms with E-state index in [-0.39, 0.29) is 11.3 Å². The van der Waals surface area contributed by atoms with Crippen molar-refractivity contribution < 1.29 is 19.2 Å². The van der Waals surface area contributed by atoms with Gasteiger partial charge in [0.1, 0.15) is 5.75 Å². The minimum Gasteiger partial charge on any atom is -0.494 e. The molecule has 1 N–H and O–H groups in total. The summed E-state index contributed by atoms with van der Waals surface area (Å²) in [6, 6.07) is 12.4. The number of hydrogen-bond donors (Lipinski definition) is 1. The van der Waals surface area contributed by atoms with Gasteiger partial charge in [-0.2, -0.15) is 0 Å². The Balaban J connectivity index is 2.18.